The van der Waals surface area contributed by atoms with E-state index in [4.69, 9.17) is 4.52 Å². The summed E-state index contributed by atoms with van der Waals surface area (Å²) in [5.74, 6) is -0.242. The quantitative estimate of drug-likeness (QED) is 0.550. The molecular formula is C23H19N3O4. The number of hydrogen-bond donors (Lipinski definition) is 2. The first-order chi connectivity index (χ1) is 14.5. The van der Waals surface area contributed by atoms with Crippen molar-refractivity contribution in [2.45, 2.75) is 12.0 Å². The van der Waals surface area contributed by atoms with Crippen LogP contribution in [0.2, 0.25) is 0 Å². The normalized spacial score (nSPS) is 19.0. The molecule has 2 aromatic heterocycles. The lowest BCUT2D eigenvalue weighted by Gasteiger charge is -2.16. The molecule has 0 spiro atoms. The van der Waals surface area contributed by atoms with Gasteiger partial charge in [0, 0.05) is 43.2 Å². The van der Waals surface area contributed by atoms with Crippen LogP contribution in [0.4, 0.5) is 0 Å². The molecule has 0 saturated carbocycles. The number of pyridine rings is 1. The number of hydrogen-bond acceptors (Lipinski definition) is 5. The highest BCUT2D eigenvalue weighted by Crippen LogP contribution is 2.36. The first-order valence-corrected chi connectivity index (χ1v) is 9.64. The molecule has 1 unspecified atom stereocenters. The Morgan fingerprint density at radius 3 is 2.67 bits per heavy atom. The van der Waals surface area contributed by atoms with E-state index in [1.165, 1.54) is 4.90 Å². The Morgan fingerprint density at radius 1 is 1.07 bits per heavy atom. The summed E-state index contributed by atoms with van der Waals surface area (Å²) in [5.41, 5.74) is 1.35. The van der Waals surface area contributed by atoms with Gasteiger partial charge in [-0.15, -0.1) is 0 Å². The largest absolute Gasteiger partial charge is 0.373 e. The fraction of sp³-hybridized carbons (Fsp3) is 0.174. The van der Waals surface area contributed by atoms with Gasteiger partial charge in [-0.25, -0.2) is 0 Å². The number of nitrogens with zero attached hydrogens (tertiary/aromatic N) is 2. The van der Waals surface area contributed by atoms with Gasteiger partial charge in [-0.2, -0.15) is 0 Å². The van der Waals surface area contributed by atoms with E-state index in [2.05, 4.69) is 10.1 Å². The number of carbonyl (C=O) groups is 1. The zero-order valence-corrected chi connectivity index (χ0v) is 16.3. The Balaban J connectivity index is 1.56. The third-order valence-electron chi connectivity index (χ3n) is 5.71. The van der Waals surface area contributed by atoms with Crippen LogP contribution in [0.5, 0.6) is 0 Å². The standard InChI is InChI=1S/C23H19N3O4/c1-26-11-9-23(29,22(26)28)20-13-19(25-30-20)15-5-2-4-14(12-15)16-6-3-7-18-17(16)8-10-24-21(18)27/h2-8,10,12-13,29H,9,11H2,1H3,(H,24,27). The highest BCUT2D eigenvalue weighted by Gasteiger charge is 2.48. The fourth-order valence-electron chi connectivity index (χ4n) is 4.01. The van der Waals surface area contributed by atoms with Crippen molar-refractivity contribution in [1.82, 2.24) is 15.0 Å². The van der Waals surface area contributed by atoms with E-state index in [-0.39, 0.29) is 23.6 Å². The lowest BCUT2D eigenvalue weighted by molar-refractivity contribution is -0.144. The Bertz CT molecular complexity index is 1340. The maximum absolute atomic E-state index is 12.3. The number of rotatable bonds is 3. The van der Waals surface area contributed by atoms with Gasteiger partial charge in [0.2, 0.25) is 5.60 Å². The molecule has 0 bridgehead atoms. The Kier molecular flexibility index (Phi) is 4.08. The summed E-state index contributed by atoms with van der Waals surface area (Å²) in [4.78, 5) is 28.6. The summed E-state index contributed by atoms with van der Waals surface area (Å²) < 4.78 is 5.36. The van der Waals surface area contributed by atoms with Crippen molar-refractivity contribution in [3.63, 3.8) is 0 Å². The lowest BCUT2D eigenvalue weighted by Crippen LogP contribution is -2.35. The van der Waals surface area contributed by atoms with E-state index < -0.39 is 5.60 Å². The number of fused-ring (bicyclic) bond motifs is 1. The summed E-state index contributed by atoms with van der Waals surface area (Å²) in [6.07, 6.45) is 1.90. The van der Waals surface area contributed by atoms with Crippen LogP contribution in [0.3, 0.4) is 0 Å². The second kappa shape index (κ2) is 6.67. The summed E-state index contributed by atoms with van der Waals surface area (Å²) in [6, 6.07) is 16.8. The number of aromatic amines is 1. The van der Waals surface area contributed by atoms with Crippen molar-refractivity contribution < 1.29 is 14.4 Å². The van der Waals surface area contributed by atoms with Crippen LogP contribution in [0.1, 0.15) is 12.2 Å². The number of likely N-dealkylation sites (tertiary alicyclic amines) is 1. The van der Waals surface area contributed by atoms with Gasteiger partial charge < -0.3 is 19.5 Å². The Morgan fingerprint density at radius 2 is 1.87 bits per heavy atom. The number of amides is 1. The summed E-state index contributed by atoms with van der Waals surface area (Å²) in [5, 5.41) is 16.3. The molecule has 30 heavy (non-hydrogen) atoms. The lowest BCUT2D eigenvalue weighted by atomic mass is 9.96. The second-order valence-electron chi connectivity index (χ2n) is 7.57. The first-order valence-electron chi connectivity index (χ1n) is 9.64. The van der Waals surface area contributed by atoms with Gasteiger partial charge in [0.1, 0.15) is 5.69 Å². The maximum Gasteiger partial charge on any atom is 0.262 e. The number of likely N-dealkylation sites (N-methyl/N-ethyl adjacent to an activating group) is 1. The number of benzene rings is 2. The molecule has 1 atom stereocenters. The van der Waals surface area contributed by atoms with E-state index in [9.17, 15) is 14.7 Å². The Hall–Kier alpha value is -3.71. The van der Waals surface area contributed by atoms with E-state index in [0.29, 0.717) is 17.6 Å². The zero-order chi connectivity index (χ0) is 20.9. The number of aromatic nitrogens is 2. The highest BCUT2D eigenvalue weighted by atomic mass is 16.5. The van der Waals surface area contributed by atoms with Gasteiger partial charge in [-0.1, -0.05) is 35.5 Å². The maximum atomic E-state index is 12.3. The number of H-pyrrole nitrogens is 1. The second-order valence-corrected chi connectivity index (χ2v) is 7.57. The molecule has 4 aromatic rings. The van der Waals surface area contributed by atoms with Gasteiger partial charge in [0.25, 0.3) is 11.5 Å². The summed E-state index contributed by atoms with van der Waals surface area (Å²) in [6.45, 7) is 0.459. The molecule has 1 aliphatic heterocycles. The molecule has 5 rings (SSSR count). The number of nitrogens with one attached hydrogen (secondary N) is 1. The molecule has 2 N–H and O–H groups in total. The molecule has 7 heteroatoms. The average molecular weight is 401 g/mol. The van der Waals surface area contributed by atoms with Crippen molar-refractivity contribution in [3.05, 3.63) is 76.9 Å². The molecule has 0 radical (unpaired) electrons. The van der Waals surface area contributed by atoms with Crippen LogP contribution < -0.4 is 5.56 Å². The van der Waals surface area contributed by atoms with E-state index in [0.717, 1.165) is 22.1 Å². The van der Waals surface area contributed by atoms with E-state index in [1.54, 1.807) is 25.4 Å². The fourth-order valence-corrected chi connectivity index (χ4v) is 4.01. The molecule has 3 heterocycles. The molecule has 2 aromatic carbocycles. The average Bonchev–Trinajstić information content (AvgIpc) is 3.36. The van der Waals surface area contributed by atoms with Crippen LogP contribution in [0.25, 0.3) is 33.2 Å². The molecule has 1 fully saturated rings. The minimum absolute atomic E-state index is 0.133. The van der Waals surface area contributed by atoms with E-state index >= 15 is 0 Å². The van der Waals surface area contributed by atoms with Crippen molar-refractivity contribution in [1.29, 1.82) is 0 Å². The summed E-state index contributed by atoms with van der Waals surface area (Å²) in [7, 11) is 1.65. The molecule has 0 aliphatic carbocycles. The van der Waals surface area contributed by atoms with Crippen molar-refractivity contribution in [3.8, 4) is 22.4 Å². The van der Waals surface area contributed by atoms with Crippen molar-refractivity contribution >= 4 is 16.7 Å². The van der Waals surface area contributed by atoms with Gasteiger partial charge in [0.05, 0.1) is 0 Å². The minimum atomic E-state index is -1.67. The van der Waals surface area contributed by atoms with Gasteiger partial charge in [-0.05, 0) is 34.7 Å². The third kappa shape index (κ3) is 2.74. The van der Waals surface area contributed by atoms with Crippen molar-refractivity contribution in [2.75, 3.05) is 13.6 Å². The van der Waals surface area contributed by atoms with Crippen molar-refractivity contribution in [2.24, 2.45) is 0 Å². The van der Waals surface area contributed by atoms with Crippen LogP contribution in [-0.2, 0) is 10.4 Å². The minimum Gasteiger partial charge on any atom is -0.373 e. The SMILES string of the molecule is CN1CCC(O)(c2cc(-c3cccc(-c4cccc5c(=O)[nH]ccc45)c3)no2)C1=O. The predicted molar refractivity (Wildman–Crippen MR) is 112 cm³/mol. The van der Waals surface area contributed by atoms with Gasteiger partial charge in [0.15, 0.2) is 5.76 Å². The predicted octanol–water partition coefficient (Wildman–Crippen LogP) is 2.90. The number of carbonyl (C=O) groups excluding carboxylic acids is 1. The molecule has 150 valence electrons. The molecule has 1 saturated heterocycles. The van der Waals surface area contributed by atoms with Crippen LogP contribution in [-0.4, -0.2) is 39.6 Å². The number of aliphatic hydroxyl groups is 1. The van der Waals surface area contributed by atoms with Gasteiger partial charge in [-0.3, -0.25) is 9.59 Å². The third-order valence-corrected chi connectivity index (χ3v) is 5.71. The van der Waals surface area contributed by atoms with Crippen LogP contribution >= 0.6 is 0 Å². The monoisotopic (exact) mass is 401 g/mol. The smallest absolute Gasteiger partial charge is 0.262 e. The summed E-state index contributed by atoms with van der Waals surface area (Å²) >= 11 is 0. The van der Waals surface area contributed by atoms with Crippen LogP contribution in [0, 0.1) is 0 Å². The van der Waals surface area contributed by atoms with Gasteiger partial charge >= 0.3 is 0 Å². The molecule has 1 amide bonds. The topological polar surface area (TPSA) is 99.4 Å². The van der Waals surface area contributed by atoms with E-state index in [1.807, 2.05) is 42.5 Å². The zero-order valence-electron chi connectivity index (χ0n) is 16.3. The first kappa shape index (κ1) is 18.3. The molecular weight excluding hydrogens is 382 g/mol. The Labute approximate surface area is 171 Å². The molecule has 1 aliphatic rings. The van der Waals surface area contributed by atoms with Crippen LogP contribution in [0.15, 0.2) is 70.1 Å². The molecule has 7 nitrogen and oxygen atoms in total. The highest BCUT2D eigenvalue weighted by molar-refractivity contribution is 5.96.